The summed E-state index contributed by atoms with van der Waals surface area (Å²) in [7, 11) is 1.38. The van der Waals surface area contributed by atoms with E-state index in [0.29, 0.717) is 11.6 Å². The molecule has 3 rings (SSSR count). The first-order valence-corrected chi connectivity index (χ1v) is 9.45. The molecular formula is C23H17F2N3O5. The molecule has 3 aromatic carbocycles. The van der Waals surface area contributed by atoms with E-state index in [0.717, 1.165) is 12.1 Å². The lowest BCUT2D eigenvalue weighted by Crippen LogP contribution is -2.31. The Morgan fingerprint density at radius 1 is 1.03 bits per heavy atom. The van der Waals surface area contributed by atoms with Gasteiger partial charge in [0.1, 0.15) is 23.1 Å². The van der Waals surface area contributed by atoms with Gasteiger partial charge in [-0.25, -0.2) is 8.78 Å². The molecule has 0 fully saturated rings. The van der Waals surface area contributed by atoms with Crippen LogP contribution in [0.2, 0.25) is 0 Å². The van der Waals surface area contributed by atoms with Crippen LogP contribution in [0.5, 0.6) is 5.75 Å². The maximum atomic E-state index is 14.0. The van der Waals surface area contributed by atoms with Gasteiger partial charge in [-0.3, -0.25) is 19.7 Å². The summed E-state index contributed by atoms with van der Waals surface area (Å²) >= 11 is 0. The number of benzene rings is 3. The van der Waals surface area contributed by atoms with Gasteiger partial charge in [-0.2, -0.15) is 0 Å². The number of anilines is 1. The fourth-order valence-electron chi connectivity index (χ4n) is 2.82. The highest BCUT2D eigenvalue weighted by Gasteiger charge is 2.19. The molecule has 2 N–H and O–H groups in total. The number of ether oxygens (including phenoxy) is 1. The first-order chi connectivity index (χ1) is 15.8. The molecular weight excluding hydrogens is 436 g/mol. The van der Waals surface area contributed by atoms with Crippen molar-refractivity contribution in [1.29, 1.82) is 0 Å². The highest BCUT2D eigenvalue weighted by Crippen LogP contribution is 2.20. The quantitative estimate of drug-likeness (QED) is 0.315. The van der Waals surface area contributed by atoms with Crippen molar-refractivity contribution in [2.75, 3.05) is 12.4 Å². The minimum absolute atomic E-state index is 0.135. The van der Waals surface area contributed by atoms with Gasteiger partial charge in [-0.05, 0) is 48.0 Å². The van der Waals surface area contributed by atoms with E-state index in [1.54, 1.807) is 18.2 Å². The second kappa shape index (κ2) is 10.1. The Morgan fingerprint density at radius 2 is 1.73 bits per heavy atom. The largest absolute Gasteiger partial charge is 0.496 e. The van der Waals surface area contributed by atoms with Crippen molar-refractivity contribution in [3.63, 3.8) is 0 Å². The monoisotopic (exact) mass is 453 g/mol. The summed E-state index contributed by atoms with van der Waals surface area (Å²) in [6.45, 7) is 0. The average molecular weight is 453 g/mol. The van der Waals surface area contributed by atoms with Gasteiger partial charge in [-0.15, -0.1) is 0 Å². The summed E-state index contributed by atoms with van der Waals surface area (Å²) in [5.41, 5.74) is -0.267. The van der Waals surface area contributed by atoms with Gasteiger partial charge in [0.2, 0.25) is 0 Å². The van der Waals surface area contributed by atoms with Crippen molar-refractivity contribution in [2.24, 2.45) is 0 Å². The molecule has 0 aromatic heterocycles. The molecule has 0 aliphatic rings. The van der Waals surface area contributed by atoms with Gasteiger partial charge >= 0.3 is 0 Å². The van der Waals surface area contributed by atoms with Gasteiger partial charge in [0.25, 0.3) is 17.5 Å². The van der Waals surface area contributed by atoms with Crippen LogP contribution >= 0.6 is 0 Å². The molecule has 3 aromatic rings. The molecule has 8 nitrogen and oxygen atoms in total. The standard InChI is InChI=1S/C23H17F2N3O5/c1-33-21-5-3-2-4-17(21)22(29)27-20(12-14-6-9-16(10-7-14)28(31)32)23(30)26-19-11-8-15(24)13-18(19)25/h2-13H,1H3,(H,26,30)(H,27,29)/b20-12-. The summed E-state index contributed by atoms with van der Waals surface area (Å²) in [4.78, 5) is 35.9. The molecule has 0 aliphatic carbocycles. The second-order valence-electron chi connectivity index (χ2n) is 6.64. The number of nitrogens with zero attached hydrogens (tertiary/aromatic N) is 1. The number of halogens is 2. The van der Waals surface area contributed by atoms with Crippen LogP contribution in [0.25, 0.3) is 6.08 Å². The molecule has 0 bridgehead atoms. The predicted molar refractivity (Wildman–Crippen MR) is 117 cm³/mol. The van der Waals surface area contributed by atoms with Gasteiger partial charge in [0.15, 0.2) is 0 Å². The Kier molecular flexibility index (Phi) is 7.09. The van der Waals surface area contributed by atoms with Crippen molar-refractivity contribution in [2.45, 2.75) is 0 Å². The first-order valence-electron chi connectivity index (χ1n) is 9.45. The Balaban J connectivity index is 1.95. The number of methoxy groups -OCH3 is 1. The van der Waals surface area contributed by atoms with Crippen LogP contribution in [-0.4, -0.2) is 23.8 Å². The minimum atomic E-state index is -1.01. The first kappa shape index (κ1) is 23.1. The fourth-order valence-corrected chi connectivity index (χ4v) is 2.82. The molecule has 0 radical (unpaired) electrons. The van der Waals surface area contributed by atoms with E-state index in [2.05, 4.69) is 10.6 Å². The molecule has 0 saturated heterocycles. The third-order valence-corrected chi connectivity index (χ3v) is 4.44. The number of nitrogens with one attached hydrogen (secondary N) is 2. The number of carbonyl (C=O) groups is 2. The molecule has 2 amide bonds. The van der Waals surface area contributed by atoms with Crippen molar-refractivity contribution < 1.29 is 28.0 Å². The van der Waals surface area contributed by atoms with Crippen LogP contribution in [-0.2, 0) is 4.79 Å². The number of hydrogen-bond acceptors (Lipinski definition) is 5. The van der Waals surface area contributed by atoms with Crippen LogP contribution in [0.4, 0.5) is 20.2 Å². The van der Waals surface area contributed by atoms with Crippen molar-refractivity contribution in [3.05, 3.63) is 105 Å². The van der Waals surface area contributed by atoms with Gasteiger partial charge in [0, 0.05) is 18.2 Å². The molecule has 0 saturated carbocycles. The maximum Gasteiger partial charge on any atom is 0.272 e. The van der Waals surface area contributed by atoms with Crippen LogP contribution in [0.1, 0.15) is 15.9 Å². The van der Waals surface area contributed by atoms with Crippen LogP contribution in [0.3, 0.4) is 0 Å². The predicted octanol–water partition coefficient (Wildman–Crippen LogP) is 4.29. The van der Waals surface area contributed by atoms with E-state index in [-0.39, 0.29) is 28.4 Å². The lowest BCUT2D eigenvalue weighted by molar-refractivity contribution is -0.384. The van der Waals surface area contributed by atoms with Crippen LogP contribution < -0.4 is 15.4 Å². The molecule has 0 spiro atoms. The number of rotatable bonds is 7. The number of hydrogen-bond donors (Lipinski definition) is 2. The number of non-ortho nitro benzene ring substituents is 1. The number of para-hydroxylation sites is 1. The van der Waals surface area contributed by atoms with E-state index in [1.807, 2.05) is 0 Å². The normalized spacial score (nSPS) is 10.9. The van der Waals surface area contributed by atoms with Gasteiger partial charge < -0.3 is 15.4 Å². The smallest absolute Gasteiger partial charge is 0.272 e. The second-order valence-corrected chi connectivity index (χ2v) is 6.64. The Labute approximate surface area is 186 Å². The third-order valence-electron chi connectivity index (χ3n) is 4.44. The van der Waals surface area contributed by atoms with Crippen molar-refractivity contribution in [1.82, 2.24) is 5.32 Å². The summed E-state index contributed by atoms with van der Waals surface area (Å²) in [5.74, 6) is -3.15. The van der Waals surface area contributed by atoms with Gasteiger partial charge in [0.05, 0.1) is 23.3 Å². The minimum Gasteiger partial charge on any atom is -0.496 e. The topological polar surface area (TPSA) is 111 Å². The van der Waals surface area contributed by atoms with Crippen LogP contribution in [0, 0.1) is 21.7 Å². The number of amides is 2. The zero-order valence-electron chi connectivity index (χ0n) is 17.2. The number of nitro benzene ring substituents is 1. The number of carbonyl (C=O) groups excluding carboxylic acids is 2. The zero-order valence-corrected chi connectivity index (χ0v) is 17.2. The fraction of sp³-hybridized carbons (Fsp3) is 0.0435. The zero-order chi connectivity index (χ0) is 24.0. The average Bonchev–Trinajstić information content (AvgIpc) is 2.80. The Morgan fingerprint density at radius 3 is 2.36 bits per heavy atom. The Bertz CT molecular complexity index is 1240. The summed E-state index contributed by atoms with van der Waals surface area (Å²) in [6, 6.07) is 14.1. The highest BCUT2D eigenvalue weighted by atomic mass is 19.1. The molecule has 0 atom stereocenters. The lowest BCUT2D eigenvalue weighted by atomic mass is 10.1. The van der Waals surface area contributed by atoms with E-state index in [1.165, 1.54) is 43.5 Å². The van der Waals surface area contributed by atoms with E-state index in [4.69, 9.17) is 4.74 Å². The highest BCUT2D eigenvalue weighted by molar-refractivity contribution is 6.11. The van der Waals surface area contributed by atoms with E-state index in [9.17, 15) is 28.5 Å². The molecule has 168 valence electrons. The molecule has 10 heteroatoms. The van der Waals surface area contributed by atoms with Crippen molar-refractivity contribution >= 4 is 29.3 Å². The number of nitro groups is 1. The summed E-state index contributed by atoms with van der Waals surface area (Å²) in [6.07, 6.45) is 1.26. The third kappa shape index (κ3) is 5.76. The summed E-state index contributed by atoms with van der Waals surface area (Å²) in [5, 5.41) is 15.6. The van der Waals surface area contributed by atoms with E-state index >= 15 is 0 Å². The lowest BCUT2D eigenvalue weighted by Gasteiger charge is -2.13. The molecule has 0 unspecified atom stereocenters. The summed E-state index contributed by atoms with van der Waals surface area (Å²) < 4.78 is 32.3. The Hall–Kier alpha value is -4.60. The molecule has 33 heavy (non-hydrogen) atoms. The van der Waals surface area contributed by atoms with Crippen LogP contribution in [0.15, 0.2) is 72.4 Å². The molecule has 0 heterocycles. The van der Waals surface area contributed by atoms with Crippen molar-refractivity contribution in [3.8, 4) is 5.75 Å². The SMILES string of the molecule is COc1ccccc1C(=O)N/C(=C\c1ccc([N+](=O)[O-])cc1)C(=O)Nc1ccc(F)cc1F. The maximum absolute atomic E-state index is 14.0. The molecule has 0 aliphatic heterocycles. The van der Waals surface area contributed by atoms with Gasteiger partial charge in [-0.1, -0.05) is 12.1 Å². The van der Waals surface area contributed by atoms with E-state index < -0.39 is 28.4 Å².